The fraction of sp³-hybridized carbons (Fsp3) is 0.619. The number of rotatable bonds is 8. The molecule has 1 aromatic carbocycles. The summed E-state index contributed by atoms with van der Waals surface area (Å²) < 4.78 is 32.4. The van der Waals surface area contributed by atoms with E-state index >= 15 is 0 Å². The summed E-state index contributed by atoms with van der Waals surface area (Å²) in [6, 6.07) is 5.45. The zero-order valence-electron chi connectivity index (χ0n) is 17.4. The third-order valence-corrected chi connectivity index (χ3v) is 6.83. The Kier molecular flexibility index (Phi) is 8.64. The second-order valence-corrected chi connectivity index (χ2v) is 9.41. The molecule has 0 aromatic heterocycles. The molecule has 0 aliphatic heterocycles. The quantitative estimate of drug-likeness (QED) is 0.493. The minimum Gasteiger partial charge on any atom is -0.449 e. The third kappa shape index (κ3) is 7.12. The standard InChI is InChI=1S/C21H32N2O5S/c1-4-15(2)23-29(26,27)19-13-11-17(12-14-19)21(25)28-16(3)20(24)22-18-9-7-5-6-8-10-18/h11-16,18,23H,4-10H2,1-3H3,(H,22,24)/t15-,16+/m1/s1. The van der Waals surface area contributed by atoms with Crippen molar-refractivity contribution in [1.29, 1.82) is 0 Å². The van der Waals surface area contributed by atoms with Crippen LogP contribution in [0.2, 0.25) is 0 Å². The lowest BCUT2D eigenvalue weighted by molar-refractivity contribution is -0.129. The fourth-order valence-corrected chi connectivity index (χ4v) is 4.54. The first-order valence-electron chi connectivity index (χ1n) is 10.4. The summed E-state index contributed by atoms with van der Waals surface area (Å²) >= 11 is 0. The average Bonchev–Trinajstić information content (AvgIpc) is 2.96. The van der Waals surface area contributed by atoms with Crippen LogP contribution in [0.25, 0.3) is 0 Å². The Labute approximate surface area is 173 Å². The molecule has 1 aliphatic carbocycles. The van der Waals surface area contributed by atoms with E-state index in [2.05, 4.69) is 10.0 Å². The zero-order chi connectivity index (χ0) is 21.4. The Hall–Kier alpha value is -1.93. The summed E-state index contributed by atoms with van der Waals surface area (Å²) in [7, 11) is -3.64. The molecular weight excluding hydrogens is 392 g/mol. The van der Waals surface area contributed by atoms with Gasteiger partial charge >= 0.3 is 5.97 Å². The molecule has 1 aliphatic rings. The van der Waals surface area contributed by atoms with E-state index in [9.17, 15) is 18.0 Å². The van der Waals surface area contributed by atoms with E-state index in [1.165, 1.54) is 37.1 Å². The number of carbonyl (C=O) groups excluding carboxylic acids is 2. The number of amides is 1. The number of benzene rings is 1. The second kappa shape index (κ2) is 10.7. The number of hydrogen-bond acceptors (Lipinski definition) is 5. The Morgan fingerprint density at radius 2 is 1.66 bits per heavy atom. The molecule has 2 atom stereocenters. The van der Waals surface area contributed by atoms with E-state index < -0.39 is 22.1 Å². The van der Waals surface area contributed by atoms with Crippen molar-refractivity contribution < 1.29 is 22.7 Å². The van der Waals surface area contributed by atoms with E-state index in [1.807, 2.05) is 6.92 Å². The zero-order valence-corrected chi connectivity index (χ0v) is 18.3. The molecule has 1 aromatic rings. The monoisotopic (exact) mass is 424 g/mol. The maximum atomic E-state index is 12.3. The van der Waals surface area contributed by atoms with E-state index in [0.717, 1.165) is 25.7 Å². The van der Waals surface area contributed by atoms with Crippen LogP contribution in [0, 0.1) is 0 Å². The first-order chi connectivity index (χ1) is 13.7. The number of nitrogens with one attached hydrogen (secondary N) is 2. The predicted octanol–water partition coefficient (Wildman–Crippen LogP) is 3.15. The Morgan fingerprint density at radius 1 is 1.07 bits per heavy atom. The van der Waals surface area contributed by atoms with Crippen molar-refractivity contribution in [2.24, 2.45) is 0 Å². The number of hydrogen-bond donors (Lipinski definition) is 2. The van der Waals surface area contributed by atoms with E-state index in [4.69, 9.17) is 4.74 Å². The van der Waals surface area contributed by atoms with Crippen LogP contribution < -0.4 is 10.0 Å². The van der Waals surface area contributed by atoms with E-state index in [-0.39, 0.29) is 28.4 Å². The van der Waals surface area contributed by atoms with Crippen LogP contribution >= 0.6 is 0 Å². The lowest BCUT2D eigenvalue weighted by atomic mass is 10.1. The topological polar surface area (TPSA) is 102 Å². The summed E-state index contributed by atoms with van der Waals surface area (Å²) in [5.74, 6) is -0.963. The van der Waals surface area contributed by atoms with Crippen molar-refractivity contribution in [1.82, 2.24) is 10.0 Å². The van der Waals surface area contributed by atoms with E-state index in [1.54, 1.807) is 13.8 Å². The fourth-order valence-electron chi connectivity index (χ4n) is 3.21. The summed E-state index contributed by atoms with van der Waals surface area (Å²) in [5, 5.41) is 2.96. The van der Waals surface area contributed by atoms with Crippen LogP contribution in [0.15, 0.2) is 29.2 Å². The van der Waals surface area contributed by atoms with Crippen LogP contribution in [0.3, 0.4) is 0 Å². The normalized spacial score (nSPS) is 17.8. The molecule has 1 saturated carbocycles. The maximum absolute atomic E-state index is 12.3. The largest absolute Gasteiger partial charge is 0.449 e. The van der Waals surface area contributed by atoms with Gasteiger partial charge in [0.15, 0.2) is 6.10 Å². The molecule has 162 valence electrons. The number of esters is 1. The lowest BCUT2D eigenvalue weighted by Gasteiger charge is -2.19. The van der Waals surface area contributed by atoms with Gasteiger partial charge in [-0.25, -0.2) is 17.9 Å². The van der Waals surface area contributed by atoms with E-state index in [0.29, 0.717) is 6.42 Å². The molecular formula is C21H32N2O5S. The van der Waals surface area contributed by atoms with Gasteiger partial charge in [-0.3, -0.25) is 4.79 Å². The number of ether oxygens (including phenoxy) is 1. The van der Waals surface area contributed by atoms with Gasteiger partial charge in [0.2, 0.25) is 10.0 Å². The van der Waals surface area contributed by atoms with Gasteiger partial charge in [-0.2, -0.15) is 0 Å². The smallest absolute Gasteiger partial charge is 0.338 e. The summed E-state index contributed by atoms with van der Waals surface area (Å²) in [6.07, 6.45) is 6.23. The summed E-state index contributed by atoms with van der Waals surface area (Å²) in [6.45, 7) is 5.21. The highest BCUT2D eigenvalue weighted by Crippen LogP contribution is 2.18. The molecule has 2 rings (SSSR count). The van der Waals surface area contributed by atoms with Crippen molar-refractivity contribution in [2.75, 3.05) is 0 Å². The Bertz CT molecular complexity index is 784. The van der Waals surface area contributed by atoms with Crippen LogP contribution in [0.4, 0.5) is 0 Å². The van der Waals surface area contributed by atoms with Crippen LogP contribution in [0.1, 0.15) is 76.1 Å². The highest BCUT2D eigenvalue weighted by molar-refractivity contribution is 7.89. The predicted molar refractivity (Wildman–Crippen MR) is 111 cm³/mol. The molecule has 1 amide bonds. The molecule has 7 nitrogen and oxygen atoms in total. The minimum absolute atomic E-state index is 0.0773. The molecule has 1 fully saturated rings. The van der Waals surface area contributed by atoms with Gasteiger partial charge in [-0.1, -0.05) is 32.6 Å². The summed E-state index contributed by atoms with van der Waals surface area (Å²) in [4.78, 5) is 24.7. The first kappa shape index (κ1) is 23.3. The highest BCUT2D eigenvalue weighted by atomic mass is 32.2. The number of carbonyl (C=O) groups is 2. The molecule has 29 heavy (non-hydrogen) atoms. The molecule has 0 saturated heterocycles. The van der Waals surface area contributed by atoms with Crippen molar-refractivity contribution >= 4 is 21.9 Å². The van der Waals surface area contributed by atoms with Crippen molar-refractivity contribution in [3.05, 3.63) is 29.8 Å². The van der Waals surface area contributed by atoms with Crippen molar-refractivity contribution in [3.8, 4) is 0 Å². The van der Waals surface area contributed by atoms with Gasteiger partial charge in [-0.05, 0) is 57.4 Å². The molecule has 0 spiro atoms. The Balaban J connectivity index is 1.93. The van der Waals surface area contributed by atoms with Gasteiger partial charge < -0.3 is 10.1 Å². The molecule has 8 heteroatoms. The van der Waals surface area contributed by atoms with Gasteiger partial charge in [-0.15, -0.1) is 0 Å². The summed E-state index contributed by atoms with van der Waals surface area (Å²) in [5.41, 5.74) is 0.196. The first-order valence-corrected chi connectivity index (χ1v) is 11.8. The lowest BCUT2D eigenvalue weighted by Crippen LogP contribution is -2.41. The van der Waals surface area contributed by atoms with Crippen molar-refractivity contribution in [2.45, 2.75) is 88.8 Å². The van der Waals surface area contributed by atoms with Crippen LogP contribution in [-0.4, -0.2) is 38.5 Å². The minimum atomic E-state index is -3.64. The average molecular weight is 425 g/mol. The second-order valence-electron chi connectivity index (χ2n) is 7.70. The molecule has 0 radical (unpaired) electrons. The van der Waals surface area contributed by atoms with Crippen LogP contribution in [0.5, 0.6) is 0 Å². The Morgan fingerprint density at radius 3 is 2.21 bits per heavy atom. The van der Waals surface area contributed by atoms with Gasteiger partial charge in [0.25, 0.3) is 5.91 Å². The third-order valence-electron chi connectivity index (χ3n) is 5.22. The van der Waals surface area contributed by atoms with Gasteiger partial charge in [0, 0.05) is 12.1 Å². The SMILES string of the molecule is CC[C@@H](C)NS(=O)(=O)c1ccc(C(=O)O[C@@H](C)C(=O)NC2CCCCCC2)cc1. The maximum Gasteiger partial charge on any atom is 0.338 e. The van der Waals surface area contributed by atoms with Gasteiger partial charge in [0.1, 0.15) is 0 Å². The molecule has 2 N–H and O–H groups in total. The molecule has 0 heterocycles. The van der Waals surface area contributed by atoms with Crippen molar-refractivity contribution in [3.63, 3.8) is 0 Å². The number of sulfonamides is 1. The molecule has 0 bridgehead atoms. The van der Waals surface area contributed by atoms with Gasteiger partial charge in [0.05, 0.1) is 10.5 Å². The molecule has 0 unspecified atom stereocenters. The highest BCUT2D eigenvalue weighted by Gasteiger charge is 2.23. The van der Waals surface area contributed by atoms with Crippen LogP contribution in [-0.2, 0) is 19.6 Å².